The van der Waals surface area contributed by atoms with Crippen molar-refractivity contribution >= 4 is 0 Å². The summed E-state index contributed by atoms with van der Waals surface area (Å²) in [5.41, 5.74) is 4.27. The minimum atomic E-state index is -0.569. The first-order valence-electron chi connectivity index (χ1n) is 11.7. The summed E-state index contributed by atoms with van der Waals surface area (Å²) in [6.07, 6.45) is 7.57. The summed E-state index contributed by atoms with van der Waals surface area (Å²) in [7, 11) is 0. The van der Waals surface area contributed by atoms with E-state index < -0.39 is 6.17 Å². The van der Waals surface area contributed by atoms with E-state index in [4.69, 9.17) is 0 Å². The van der Waals surface area contributed by atoms with Gasteiger partial charge < -0.3 is 4.90 Å². The predicted molar refractivity (Wildman–Crippen MR) is 122 cm³/mol. The Morgan fingerprint density at radius 3 is 2.17 bits per heavy atom. The molecule has 1 aliphatic rings. The molecule has 29 heavy (non-hydrogen) atoms. The maximum atomic E-state index is 13.4. The lowest BCUT2D eigenvalue weighted by Gasteiger charge is -2.29. The van der Waals surface area contributed by atoms with Gasteiger partial charge in [-0.1, -0.05) is 61.5 Å². The first-order valence-corrected chi connectivity index (χ1v) is 11.7. The van der Waals surface area contributed by atoms with E-state index in [-0.39, 0.29) is 0 Å². The molecule has 2 aromatic rings. The Kier molecular flexibility index (Phi) is 8.73. The summed E-state index contributed by atoms with van der Waals surface area (Å²) in [4.78, 5) is 2.65. The maximum absolute atomic E-state index is 13.4. The van der Waals surface area contributed by atoms with Crippen LogP contribution in [0.5, 0.6) is 0 Å². The summed E-state index contributed by atoms with van der Waals surface area (Å²) in [5.74, 6) is 0.563. The van der Waals surface area contributed by atoms with E-state index in [1.165, 1.54) is 36.1 Å². The Morgan fingerprint density at radius 2 is 1.52 bits per heavy atom. The largest absolute Gasteiger partial charge is 0.300 e. The van der Waals surface area contributed by atoms with Crippen LogP contribution >= 0.6 is 0 Å². The van der Waals surface area contributed by atoms with Crippen molar-refractivity contribution in [3.05, 3.63) is 71.3 Å². The normalized spacial score (nSPS) is 20.7. The summed E-state index contributed by atoms with van der Waals surface area (Å²) in [5, 5.41) is 0. The summed E-state index contributed by atoms with van der Waals surface area (Å²) < 4.78 is 13.4. The molecule has 0 aliphatic heterocycles. The van der Waals surface area contributed by atoms with Gasteiger partial charge in [-0.05, 0) is 87.4 Å². The lowest BCUT2D eigenvalue weighted by molar-refractivity contribution is 0.202. The third-order valence-electron chi connectivity index (χ3n) is 6.62. The molecule has 0 saturated heterocycles. The molecule has 1 aliphatic carbocycles. The second kappa shape index (κ2) is 11.5. The van der Waals surface area contributed by atoms with Crippen LogP contribution in [0, 0.1) is 0 Å². The molecule has 2 heteroatoms. The zero-order chi connectivity index (χ0) is 20.5. The number of hydrogen-bond donors (Lipinski definition) is 0. The molecule has 1 atom stereocenters. The van der Waals surface area contributed by atoms with Crippen LogP contribution < -0.4 is 0 Å². The van der Waals surface area contributed by atoms with Gasteiger partial charge in [0, 0.05) is 12.6 Å². The van der Waals surface area contributed by atoms with Crippen molar-refractivity contribution in [2.24, 2.45) is 0 Å². The third-order valence-corrected chi connectivity index (χ3v) is 6.62. The second-order valence-electron chi connectivity index (χ2n) is 8.85. The van der Waals surface area contributed by atoms with Gasteiger partial charge in [0.15, 0.2) is 0 Å². The van der Waals surface area contributed by atoms with E-state index in [1.807, 2.05) is 0 Å². The molecule has 0 bridgehead atoms. The highest BCUT2D eigenvalue weighted by Crippen LogP contribution is 2.34. The molecular formula is C27H38FN. The number of benzene rings is 2. The third kappa shape index (κ3) is 6.96. The molecule has 1 unspecified atom stereocenters. The topological polar surface area (TPSA) is 3.24 Å². The minimum absolute atomic E-state index is 0.563. The first-order chi connectivity index (χ1) is 14.2. The van der Waals surface area contributed by atoms with Crippen molar-refractivity contribution in [2.75, 3.05) is 13.1 Å². The highest BCUT2D eigenvalue weighted by atomic mass is 19.1. The van der Waals surface area contributed by atoms with Gasteiger partial charge in [0.2, 0.25) is 0 Å². The lowest BCUT2D eigenvalue weighted by atomic mass is 9.83. The second-order valence-corrected chi connectivity index (χ2v) is 8.85. The average Bonchev–Trinajstić information content (AvgIpc) is 2.76. The molecular weight excluding hydrogens is 357 g/mol. The van der Waals surface area contributed by atoms with E-state index in [2.05, 4.69) is 73.3 Å². The fourth-order valence-corrected chi connectivity index (χ4v) is 4.66. The Labute approximate surface area is 177 Å². The Balaban J connectivity index is 1.47. The van der Waals surface area contributed by atoms with E-state index in [1.54, 1.807) is 0 Å². The van der Waals surface area contributed by atoms with Crippen LogP contribution in [0.4, 0.5) is 4.39 Å². The monoisotopic (exact) mass is 395 g/mol. The molecule has 0 heterocycles. The smallest absolute Gasteiger partial charge is 0.100 e. The fraction of sp³-hybridized carbons (Fsp3) is 0.556. The van der Waals surface area contributed by atoms with Crippen molar-refractivity contribution in [1.29, 1.82) is 0 Å². The highest BCUT2D eigenvalue weighted by Gasteiger charge is 2.21. The van der Waals surface area contributed by atoms with Gasteiger partial charge in [-0.25, -0.2) is 4.39 Å². The number of aryl methyl sites for hydroxylation is 1. The number of hydrogen-bond acceptors (Lipinski definition) is 1. The number of nitrogens with zero attached hydrogens (tertiary/aromatic N) is 1. The van der Waals surface area contributed by atoms with Crippen LogP contribution in [-0.4, -0.2) is 30.2 Å². The average molecular weight is 396 g/mol. The summed E-state index contributed by atoms with van der Waals surface area (Å²) >= 11 is 0. The van der Waals surface area contributed by atoms with Crippen molar-refractivity contribution in [3.8, 4) is 0 Å². The number of alkyl halides is 1. The molecule has 158 valence electrons. The Bertz CT molecular complexity index is 688. The van der Waals surface area contributed by atoms with Crippen molar-refractivity contribution in [1.82, 2.24) is 4.90 Å². The maximum Gasteiger partial charge on any atom is 0.100 e. The Hall–Kier alpha value is -1.67. The van der Waals surface area contributed by atoms with Gasteiger partial charge in [-0.3, -0.25) is 0 Å². The van der Waals surface area contributed by atoms with E-state index in [9.17, 15) is 4.39 Å². The Morgan fingerprint density at radius 1 is 0.862 bits per heavy atom. The number of halogens is 1. The van der Waals surface area contributed by atoms with Crippen LogP contribution in [0.15, 0.2) is 54.6 Å². The van der Waals surface area contributed by atoms with E-state index in [0.717, 1.165) is 45.1 Å². The first kappa shape index (κ1) is 22.0. The van der Waals surface area contributed by atoms with Crippen molar-refractivity contribution in [3.63, 3.8) is 0 Å². The number of rotatable bonds is 10. The molecule has 3 rings (SSSR count). The molecule has 1 saturated carbocycles. The van der Waals surface area contributed by atoms with Gasteiger partial charge >= 0.3 is 0 Å². The summed E-state index contributed by atoms with van der Waals surface area (Å²) in [6, 6.07) is 20.6. The predicted octanol–water partition coefficient (Wildman–Crippen LogP) is 6.96. The highest BCUT2D eigenvalue weighted by molar-refractivity contribution is 5.26. The zero-order valence-electron chi connectivity index (χ0n) is 18.3. The van der Waals surface area contributed by atoms with Crippen LogP contribution in [0.2, 0.25) is 0 Å². The molecule has 0 radical (unpaired) electrons. The van der Waals surface area contributed by atoms with Crippen LogP contribution in [0.25, 0.3) is 0 Å². The summed E-state index contributed by atoms with van der Waals surface area (Å²) in [6.45, 7) is 6.96. The molecule has 1 fully saturated rings. The van der Waals surface area contributed by atoms with Gasteiger partial charge in [0.1, 0.15) is 6.17 Å². The fourth-order valence-electron chi connectivity index (χ4n) is 4.66. The van der Waals surface area contributed by atoms with Gasteiger partial charge in [0.25, 0.3) is 0 Å². The SMILES string of the molecule is CCCN(CCc1ccccc1)C(C)CCc1ccc(C2CCC(F)CC2)cc1. The molecule has 0 N–H and O–H groups in total. The van der Waals surface area contributed by atoms with Gasteiger partial charge in [0.05, 0.1) is 0 Å². The standard InChI is InChI=1S/C27H38FN/c1-3-20-29(21-19-23-7-5-4-6-8-23)22(2)9-10-24-11-13-25(14-12-24)26-15-17-27(28)18-16-26/h4-8,11-14,22,26-27H,3,9-10,15-21H2,1-2H3. The van der Waals surface area contributed by atoms with Crippen LogP contribution in [-0.2, 0) is 12.8 Å². The lowest BCUT2D eigenvalue weighted by Crippen LogP contribution is -2.35. The van der Waals surface area contributed by atoms with Crippen molar-refractivity contribution in [2.45, 2.75) is 83.3 Å². The van der Waals surface area contributed by atoms with E-state index in [0.29, 0.717) is 12.0 Å². The molecule has 1 nitrogen and oxygen atoms in total. The van der Waals surface area contributed by atoms with Gasteiger partial charge in [-0.2, -0.15) is 0 Å². The molecule has 0 spiro atoms. The van der Waals surface area contributed by atoms with Crippen LogP contribution in [0.1, 0.15) is 75.0 Å². The molecule has 0 aromatic heterocycles. The van der Waals surface area contributed by atoms with Crippen LogP contribution in [0.3, 0.4) is 0 Å². The molecule has 2 aromatic carbocycles. The van der Waals surface area contributed by atoms with E-state index >= 15 is 0 Å². The quantitative estimate of drug-likeness (QED) is 0.420. The molecule has 0 amide bonds. The minimum Gasteiger partial charge on any atom is -0.300 e. The van der Waals surface area contributed by atoms with Crippen molar-refractivity contribution < 1.29 is 4.39 Å². The van der Waals surface area contributed by atoms with Gasteiger partial charge in [-0.15, -0.1) is 0 Å². The zero-order valence-corrected chi connectivity index (χ0v) is 18.3.